The molecule has 3 unspecified atom stereocenters. The molecule has 2 aliphatic heterocycles. The second-order valence-corrected chi connectivity index (χ2v) is 12.3. The first-order valence-corrected chi connectivity index (χ1v) is 12.6. The van der Waals surface area contributed by atoms with Gasteiger partial charge >= 0.3 is 6.18 Å². The third-order valence-corrected chi connectivity index (χ3v) is 10.5. The average molecular weight is 507 g/mol. The largest absolute Gasteiger partial charge is 0.416 e. The molecule has 6 aliphatic rings. The van der Waals surface area contributed by atoms with E-state index in [4.69, 9.17) is 9.72 Å². The number of hydrogen-bond acceptors (Lipinski definition) is 7. The lowest BCUT2D eigenvalue weighted by molar-refractivity contribution is -0.449. The van der Waals surface area contributed by atoms with Crippen LogP contribution in [0.5, 0.6) is 0 Å². The summed E-state index contributed by atoms with van der Waals surface area (Å²) in [6.45, 7) is 4.10. The standard InChI is InChI=1S/C26H29F3N2O5/c1-22(2)8-7-16(32)23-10-36-25(35,21(34)18(22)23)24-15(23)6-4-12(20(24)33)17-19(24)31-13-5-3-11(26(27,28)29)9-14(13)30-17/h3,5,9,12,15-16,18,20-21,32-35H,4,6-8,10H2,1-2H3/t12-,15?,16-,18?,20+,21-,23+,24?,25-/m0/s1. The first-order valence-electron chi connectivity index (χ1n) is 12.6. The molecule has 5 fully saturated rings. The maximum atomic E-state index is 13.3. The van der Waals surface area contributed by atoms with Crippen LogP contribution in [0.15, 0.2) is 18.2 Å². The molecular formula is C26H29F3N2O5. The van der Waals surface area contributed by atoms with Crippen molar-refractivity contribution in [2.24, 2.45) is 22.7 Å². The molecule has 0 amide bonds. The van der Waals surface area contributed by atoms with Crippen molar-refractivity contribution in [2.75, 3.05) is 6.61 Å². The molecule has 4 aliphatic carbocycles. The third-order valence-electron chi connectivity index (χ3n) is 10.5. The van der Waals surface area contributed by atoms with Crippen molar-refractivity contribution in [2.45, 2.75) is 81.1 Å². The van der Waals surface area contributed by atoms with Gasteiger partial charge in [0.2, 0.25) is 5.79 Å². The van der Waals surface area contributed by atoms with Gasteiger partial charge in [0, 0.05) is 17.3 Å². The number of aliphatic hydroxyl groups excluding tert-OH is 3. The summed E-state index contributed by atoms with van der Waals surface area (Å²) in [5.41, 5.74) is -2.85. The molecule has 194 valence electrons. The van der Waals surface area contributed by atoms with Crippen LogP contribution >= 0.6 is 0 Å². The van der Waals surface area contributed by atoms with Crippen molar-refractivity contribution in [3.05, 3.63) is 35.2 Å². The van der Waals surface area contributed by atoms with E-state index in [9.17, 15) is 33.6 Å². The van der Waals surface area contributed by atoms with Crippen LogP contribution in [0.3, 0.4) is 0 Å². The lowest BCUT2D eigenvalue weighted by Gasteiger charge is -2.75. The third kappa shape index (κ3) is 2.31. The second-order valence-electron chi connectivity index (χ2n) is 12.3. The Bertz CT molecular complexity index is 1300. The van der Waals surface area contributed by atoms with E-state index >= 15 is 0 Å². The summed E-state index contributed by atoms with van der Waals surface area (Å²) in [5, 5.41) is 47.3. The number of halogens is 3. The minimum atomic E-state index is -4.54. The van der Waals surface area contributed by atoms with Crippen molar-refractivity contribution in [3.8, 4) is 0 Å². The van der Waals surface area contributed by atoms with Crippen LogP contribution in [-0.2, 0) is 16.3 Å². The van der Waals surface area contributed by atoms with E-state index in [-0.39, 0.29) is 23.3 Å². The van der Waals surface area contributed by atoms with Crippen molar-refractivity contribution in [3.63, 3.8) is 0 Å². The molecule has 10 heteroatoms. The summed E-state index contributed by atoms with van der Waals surface area (Å²) >= 11 is 0. The smallest absolute Gasteiger partial charge is 0.392 e. The van der Waals surface area contributed by atoms with Gasteiger partial charge in [0.25, 0.3) is 0 Å². The molecule has 2 saturated heterocycles. The molecule has 3 saturated carbocycles. The van der Waals surface area contributed by atoms with Gasteiger partial charge in [0.1, 0.15) is 11.5 Å². The van der Waals surface area contributed by atoms with E-state index in [0.29, 0.717) is 31.4 Å². The molecule has 8 rings (SSSR count). The predicted octanol–water partition coefficient (Wildman–Crippen LogP) is 2.63. The van der Waals surface area contributed by atoms with Crippen LogP contribution < -0.4 is 0 Å². The van der Waals surface area contributed by atoms with Crippen LogP contribution in [0.25, 0.3) is 11.0 Å². The number of alkyl halides is 3. The maximum Gasteiger partial charge on any atom is 0.416 e. The molecule has 9 atom stereocenters. The van der Waals surface area contributed by atoms with E-state index in [1.807, 2.05) is 13.8 Å². The zero-order chi connectivity index (χ0) is 25.6. The number of fused-ring (bicyclic) bond motifs is 5. The highest BCUT2D eigenvalue weighted by molar-refractivity contribution is 5.76. The predicted molar refractivity (Wildman–Crippen MR) is 120 cm³/mol. The van der Waals surface area contributed by atoms with E-state index in [1.54, 1.807) is 0 Å². The van der Waals surface area contributed by atoms with Crippen LogP contribution in [0.1, 0.15) is 62.4 Å². The fraction of sp³-hybridized carbons (Fsp3) is 0.692. The van der Waals surface area contributed by atoms with Gasteiger partial charge < -0.3 is 25.2 Å². The van der Waals surface area contributed by atoms with Crippen LogP contribution in [0.2, 0.25) is 0 Å². The normalized spacial score (nSPS) is 46.4. The molecule has 2 spiro atoms. The van der Waals surface area contributed by atoms with Gasteiger partial charge in [0.15, 0.2) is 0 Å². The molecule has 4 N–H and O–H groups in total. The van der Waals surface area contributed by atoms with E-state index < -0.39 is 69.8 Å². The summed E-state index contributed by atoms with van der Waals surface area (Å²) in [6.07, 6.45) is -5.80. The van der Waals surface area contributed by atoms with Crippen LogP contribution in [0.4, 0.5) is 13.2 Å². The molecule has 0 radical (unpaired) electrons. The van der Waals surface area contributed by atoms with E-state index in [2.05, 4.69) is 4.98 Å². The van der Waals surface area contributed by atoms with Crippen LogP contribution in [-0.4, -0.2) is 61.1 Å². The molecule has 3 heterocycles. The number of benzene rings is 1. The highest BCUT2D eigenvalue weighted by Gasteiger charge is 2.85. The number of rotatable bonds is 0. The Hall–Kier alpha value is -1.85. The lowest BCUT2D eigenvalue weighted by Crippen LogP contribution is -2.86. The number of aromatic nitrogens is 2. The Morgan fingerprint density at radius 1 is 1.00 bits per heavy atom. The van der Waals surface area contributed by atoms with Gasteiger partial charge in [0.05, 0.1) is 46.8 Å². The van der Waals surface area contributed by atoms with Crippen molar-refractivity contribution >= 4 is 11.0 Å². The number of ether oxygens (including phenoxy) is 1. The number of aliphatic hydroxyl groups is 4. The fourth-order valence-corrected chi connectivity index (χ4v) is 9.21. The molecule has 1 aromatic heterocycles. The monoisotopic (exact) mass is 506 g/mol. The molecule has 7 nitrogen and oxygen atoms in total. The Morgan fingerprint density at radius 2 is 1.75 bits per heavy atom. The Morgan fingerprint density at radius 3 is 2.47 bits per heavy atom. The van der Waals surface area contributed by atoms with Gasteiger partial charge in [-0.1, -0.05) is 13.8 Å². The summed E-state index contributed by atoms with van der Waals surface area (Å²) in [7, 11) is 0. The Labute approximate surface area is 205 Å². The minimum Gasteiger partial charge on any atom is -0.392 e. The second kappa shape index (κ2) is 6.58. The van der Waals surface area contributed by atoms with Crippen molar-refractivity contribution < 1.29 is 38.3 Å². The Balaban J connectivity index is 1.51. The SMILES string of the molecule is CC1(C)CC[C@H](O)[C@]23CO[C@@](O)([C@@H](O)C12)C12c4nc5ccc(C(F)(F)F)cc5nc4[C@H](CCC13)[C@H]2O. The average Bonchev–Trinajstić information content (AvgIpc) is 2.94. The molecular weight excluding hydrogens is 477 g/mol. The number of hydrogen-bond donors (Lipinski definition) is 4. The first kappa shape index (κ1) is 23.3. The van der Waals surface area contributed by atoms with Gasteiger partial charge in [-0.2, -0.15) is 13.2 Å². The van der Waals surface area contributed by atoms with Gasteiger partial charge in [-0.15, -0.1) is 0 Å². The van der Waals surface area contributed by atoms with Crippen molar-refractivity contribution in [1.29, 1.82) is 0 Å². The maximum absolute atomic E-state index is 13.3. The Kier molecular flexibility index (Phi) is 4.26. The zero-order valence-corrected chi connectivity index (χ0v) is 20.0. The zero-order valence-electron chi connectivity index (χ0n) is 20.0. The summed E-state index contributed by atoms with van der Waals surface area (Å²) in [5.74, 6) is -3.69. The molecule has 1 aromatic carbocycles. The van der Waals surface area contributed by atoms with Crippen molar-refractivity contribution in [1.82, 2.24) is 9.97 Å². The fourth-order valence-electron chi connectivity index (χ4n) is 9.21. The summed E-state index contributed by atoms with van der Waals surface area (Å²) in [6, 6.07) is 3.13. The molecule has 4 bridgehead atoms. The topological polar surface area (TPSA) is 116 Å². The highest BCUT2D eigenvalue weighted by Crippen LogP contribution is 2.76. The van der Waals surface area contributed by atoms with Crippen LogP contribution in [0, 0.1) is 22.7 Å². The van der Waals surface area contributed by atoms with E-state index in [1.165, 1.54) is 6.07 Å². The van der Waals surface area contributed by atoms with Gasteiger partial charge in [-0.05, 0) is 55.2 Å². The quantitative estimate of drug-likeness (QED) is 0.434. The summed E-state index contributed by atoms with van der Waals surface area (Å²) < 4.78 is 46.1. The molecule has 36 heavy (non-hydrogen) atoms. The first-order chi connectivity index (χ1) is 16.8. The number of nitrogens with zero attached hydrogens (tertiary/aromatic N) is 2. The molecule has 2 aromatic rings. The van der Waals surface area contributed by atoms with Gasteiger partial charge in [-0.25, -0.2) is 9.97 Å². The highest BCUT2D eigenvalue weighted by atomic mass is 19.4. The lowest BCUT2D eigenvalue weighted by atomic mass is 9.35. The van der Waals surface area contributed by atoms with E-state index in [0.717, 1.165) is 12.1 Å². The summed E-state index contributed by atoms with van der Waals surface area (Å²) in [4.78, 5) is 9.28. The minimum absolute atomic E-state index is 0.0465. The van der Waals surface area contributed by atoms with Gasteiger partial charge in [-0.3, -0.25) is 0 Å².